The van der Waals surface area contributed by atoms with Crippen molar-refractivity contribution >= 4 is 36.0 Å². The molecule has 0 aromatic rings. The second-order valence-electron chi connectivity index (χ2n) is 3.55. The van der Waals surface area contributed by atoms with E-state index in [1.807, 2.05) is 0 Å². The van der Waals surface area contributed by atoms with Gasteiger partial charge in [-0.15, -0.1) is 0 Å². The number of hydrogen-bond acceptors (Lipinski definition) is 0. The third-order valence-electron chi connectivity index (χ3n) is 2.66. The van der Waals surface area contributed by atoms with Gasteiger partial charge in [-0.05, 0) is 0 Å². The van der Waals surface area contributed by atoms with Crippen LogP contribution in [0.25, 0.3) is 0 Å². The zero-order valence-electron chi connectivity index (χ0n) is 7.59. The first-order valence-corrected chi connectivity index (χ1v) is 5.84. The molecule has 0 unspecified atom stereocenters. The van der Waals surface area contributed by atoms with Crippen molar-refractivity contribution in [3.8, 4) is 0 Å². The Morgan fingerprint density at radius 3 is 2.42 bits per heavy atom. The van der Waals surface area contributed by atoms with Crippen molar-refractivity contribution in [3.63, 3.8) is 0 Å². The summed E-state index contributed by atoms with van der Waals surface area (Å²) in [7, 11) is 5.36. The maximum absolute atomic E-state index is 5.36. The summed E-state index contributed by atoms with van der Waals surface area (Å²) in [5, 5.41) is 0. The molecular formula is C10H15BI. The van der Waals surface area contributed by atoms with E-state index < -0.39 is 0 Å². The predicted molar refractivity (Wildman–Crippen MR) is 65.3 cm³/mol. The van der Waals surface area contributed by atoms with Gasteiger partial charge in [-0.3, -0.25) is 0 Å². The molecular weight excluding hydrogens is 258 g/mol. The summed E-state index contributed by atoms with van der Waals surface area (Å²) in [4.78, 5) is 0. The van der Waals surface area contributed by atoms with Gasteiger partial charge >= 0.3 is 90.1 Å². The number of rotatable bonds is 2. The van der Waals surface area contributed by atoms with Crippen LogP contribution in [0, 0.1) is 5.92 Å². The molecule has 0 aromatic heterocycles. The normalized spacial score (nSPS) is 31.6. The zero-order valence-corrected chi connectivity index (χ0v) is 9.75. The van der Waals surface area contributed by atoms with Gasteiger partial charge in [0.15, 0.2) is 0 Å². The Kier molecular flexibility index (Phi) is 4.55. The van der Waals surface area contributed by atoms with Crippen LogP contribution in [0.4, 0.5) is 0 Å². The number of halogens is 1. The topological polar surface area (TPSA) is 0 Å². The van der Waals surface area contributed by atoms with E-state index in [0.29, 0.717) is 0 Å². The van der Waals surface area contributed by atoms with Crippen LogP contribution >= 0.6 is 22.6 Å². The van der Waals surface area contributed by atoms with Gasteiger partial charge in [-0.1, -0.05) is 0 Å². The van der Waals surface area contributed by atoms with Gasteiger partial charge in [0.2, 0.25) is 0 Å². The molecule has 0 spiro atoms. The molecule has 65 valence electrons. The van der Waals surface area contributed by atoms with E-state index in [2.05, 4.69) is 35.6 Å². The fourth-order valence-corrected chi connectivity index (χ4v) is 2.52. The summed E-state index contributed by atoms with van der Waals surface area (Å²) in [6, 6.07) is 0. The Balaban J connectivity index is 2.44. The van der Waals surface area contributed by atoms with Gasteiger partial charge in [-0.25, -0.2) is 0 Å². The van der Waals surface area contributed by atoms with Gasteiger partial charge in [0.25, 0.3) is 0 Å². The molecule has 0 heterocycles. The van der Waals surface area contributed by atoms with Crippen molar-refractivity contribution in [1.82, 2.24) is 0 Å². The minimum atomic E-state index is 0.802. The quantitative estimate of drug-likeness (QED) is 0.412. The Bertz CT molecular complexity index is 178. The average molecular weight is 273 g/mol. The standard InChI is InChI=1S/C10H15BI/c1-8(6-7-11)9-2-4-10(12)5-3-9/h6-7,9-10H,2-5H2,1H3/b8-6+. The van der Waals surface area contributed by atoms with Crippen LogP contribution in [0.15, 0.2) is 11.6 Å². The van der Waals surface area contributed by atoms with E-state index in [1.54, 1.807) is 5.97 Å². The average Bonchev–Trinajstić information content (AvgIpc) is 2.06. The molecule has 1 radical (unpaired) electrons. The molecule has 1 aliphatic carbocycles. The summed E-state index contributed by atoms with van der Waals surface area (Å²) in [6.07, 6.45) is 7.51. The molecule has 1 fully saturated rings. The first-order chi connectivity index (χ1) is 5.74. The van der Waals surface area contributed by atoms with Crippen molar-refractivity contribution in [3.05, 3.63) is 11.6 Å². The monoisotopic (exact) mass is 273 g/mol. The van der Waals surface area contributed by atoms with Crippen LogP contribution in [-0.4, -0.2) is 17.4 Å². The van der Waals surface area contributed by atoms with Crippen LogP contribution in [0.1, 0.15) is 32.6 Å². The number of alkyl halides is 1. The van der Waals surface area contributed by atoms with Gasteiger partial charge in [0.1, 0.15) is 0 Å². The molecule has 1 rings (SSSR count). The summed E-state index contributed by atoms with van der Waals surface area (Å²) < 4.78 is 0.911. The molecule has 2 heteroatoms. The molecule has 0 aromatic carbocycles. The van der Waals surface area contributed by atoms with Crippen molar-refractivity contribution in [1.29, 1.82) is 0 Å². The van der Waals surface area contributed by atoms with Crippen LogP contribution in [0.3, 0.4) is 0 Å². The number of allylic oxidation sites excluding steroid dienone is 2. The maximum atomic E-state index is 5.36. The molecule has 0 N–H and O–H groups in total. The molecule has 0 saturated heterocycles. The molecule has 0 aliphatic heterocycles. The van der Waals surface area contributed by atoms with Crippen molar-refractivity contribution < 1.29 is 0 Å². The first-order valence-electron chi connectivity index (χ1n) is 4.60. The number of hydrogen-bond donors (Lipinski definition) is 0. The fraction of sp³-hybridized carbons (Fsp3) is 0.700. The minimum absolute atomic E-state index is 0.802. The van der Waals surface area contributed by atoms with Gasteiger partial charge in [0.05, 0.1) is 0 Å². The SMILES string of the molecule is [B]=C/C=C(\C)C1CCC(I)CC1. The van der Waals surface area contributed by atoms with Crippen LogP contribution in [0.5, 0.6) is 0 Å². The van der Waals surface area contributed by atoms with Crippen molar-refractivity contribution in [2.75, 3.05) is 0 Å². The van der Waals surface area contributed by atoms with E-state index in [-0.39, 0.29) is 0 Å². The second-order valence-corrected chi connectivity index (χ2v) is 5.31. The molecule has 0 bridgehead atoms. The van der Waals surface area contributed by atoms with Crippen LogP contribution in [0.2, 0.25) is 0 Å². The second kappa shape index (κ2) is 5.20. The third-order valence-corrected chi connectivity index (χ3v) is 3.91. The van der Waals surface area contributed by atoms with Crippen molar-refractivity contribution in [2.24, 2.45) is 5.92 Å². The summed E-state index contributed by atoms with van der Waals surface area (Å²) in [5.41, 5.74) is 1.46. The summed E-state index contributed by atoms with van der Waals surface area (Å²) in [6.45, 7) is 2.20. The van der Waals surface area contributed by atoms with E-state index in [9.17, 15) is 0 Å². The third kappa shape index (κ3) is 3.04. The van der Waals surface area contributed by atoms with Gasteiger partial charge in [0, 0.05) is 0 Å². The first kappa shape index (κ1) is 10.5. The van der Waals surface area contributed by atoms with E-state index in [4.69, 9.17) is 7.49 Å². The molecule has 1 aliphatic rings. The van der Waals surface area contributed by atoms with Crippen molar-refractivity contribution in [2.45, 2.75) is 36.5 Å². The summed E-state index contributed by atoms with van der Waals surface area (Å²) >= 11 is 2.56. The Morgan fingerprint density at radius 2 is 1.92 bits per heavy atom. The van der Waals surface area contributed by atoms with Gasteiger partial charge < -0.3 is 0 Å². The fourth-order valence-electron chi connectivity index (χ4n) is 1.80. The van der Waals surface area contributed by atoms with E-state index in [1.165, 1.54) is 31.3 Å². The van der Waals surface area contributed by atoms with Gasteiger partial charge in [-0.2, -0.15) is 0 Å². The summed E-state index contributed by atoms with van der Waals surface area (Å²) in [5.74, 6) is 2.46. The predicted octanol–water partition coefficient (Wildman–Crippen LogP) is 2.90. The van der Waals surface area contributed by atoms with Crippen LogP contribution in [-0.2, 0) is 0 Å². The molecule has 1 saturated carbocycles. The zero-order chi connectivity index (χ0) is 8.97. The van der Waals surface area contributed by atoms with E-state index in [0.717, 1.165) is 9.84 Å². The Hall–Kier alpha value is 0.405. The van der Waals surface area contributed by atoms with Crippen LogP contribution < -0.4 is 0 Å². The Morgan fingerprint density at radius 1 is 1.33 bits per heavy atom. The molecule has 0 amide bonds. The molecule has 12 heavy (non-hydrogen) atoms. The molecule has 0 nitrogen and oxygen atoms in total. The van der Waals surface area contributed by atoms with E-state index >= 15 is 0 Å². The molecule has 0 atom stereocenters. The Labute approximate surface area is 90.0 Å².